The summed E-state index contributed by atoms with van der Waals surface area (Å²) >= 11 is 6.19. The zero-order valence-corrected chi connectivity index (χ0v) is 21.4. The zero-order chi connectivity index (χ0) is 24.7. The molecule has 0 radical (unpaired) electrons. The number of rotatable bonds is 7. The van der Waals surface area contributed by atoms with Crippen molar-refractivity contribution in [3.05, 3.63) is 52.2 Å². The monoisotopic (exact) mass is 509 g/mol. The first-order valence-corrected chi connectivity index (χ1v) is 13.4. The molecule has 1 aromatic heterocycles. The number of amides is 1. The number of fused-ring (bicyclic) bond motifs is 2. The molecule has 186 valence electrons. The smallest absolute Gasteiger partial charge is 0.283 e. The van der Waals surface area contributed by atoms with E-state index in [9.17, 15) is 13.2 Å². The molecule has 0 spiro atoms. The van der Waals surface area contributed by atoms with Crippen LogP contribution in [0.5, 0.6) is 5.75 Å². The van der Waals surface area contributed by atoms with Gasteiger partial charge in [-0.05, 0) is 74.9 Å². The quantitative estimate of drug-likeness (QED) is 0.603. The normalized spacial score (nSPS) is 15.4. The molecule has 2 aromatic rings. The van der Waals surface area contributed by atoms with Gasteiger partial charge in [-0.2, -0.15) is 0 Å². The summed E-state index contributed by atoms with van der Waals surface area (Å²) in [5, 5.41) is -0.0752. The molecule has 1 aliphatic heterocycles. The first-order chi connectivity index (χ1) is 16.2. The number of ether oxygens (including phenoxy) is 2. The van der Waals surface area contributed by atoms with E-state index in [1.54, 1.807) is 6.07 Å². The number of aromatic nitrogens is 1. The highest BCUT2D eigenvalue weighted by molar-refractivity contribution is 7.90. The summed E-state index contributed by atoms with van der Waals surface area (Å²) in [7, 11) is -2.36. The first kappa shape index (κ1) is 26.2. The van der Waals surface area contributed by atoms with Crippen LogP contribution in [0.1, 0.15) is 54.7 Å². The third-order valence-corrected chi connectivity index (χ3v) is 7.92. The third-order valence-electron chi connectivity index (χ3n) is 5.92. The van der Waals surface area contributed by atoms with E-state index in [0.29, 0.717) is 29.7 Å². The number of anilines is 1. The molecular weight excluding hydrogens is 478 g/mol. The van der Waals surface area contributed by atoms with Crippen molar-refractivity contribution in [2.24, 2.45) is 0 Å². The number of sulfonamides is 1. The van der Waals surface area contributed by atoms with E-state index in [1.807, 2.05) is 30.0 Å². The minimum Gasteiger partial charge on any atom is -0.485 e. The Morgan fingerprint density at radius 2 is 2.06 bits per heavy atom. The molecule has 8 nitrogen and oxygen atoms in total. The number of halogens is 1. The second-order valence-electron chi connectivity index (χ2n) is 8.33. The maximum Gasteiger partial charge on any atom is 0.283 e. The number of benzene rings is 1. The van der Waals surface area contributed by atoms with Gasteiger partial charge in [-0.25, -0.2) is 18.1 Å². The van der Waals surface area contributed by atoms with Crippen LogP contribution in [0.3, 0.4) is 0 Å². The number of aryl methyl sites for hydroxylation is 1. The average molecular weight is 510 g/mol. The molecule has 2 heterocycles. The van der Waals surface area contributed by atoms with Crippen molar-refractivity contribution in [2.45, 2.75) is 51.4 Å². The minimum absolute atomic E-state index is 0.0189. The van der Waals surface area contributed by atoms with Gasteiger partial charge in [0.2, 0.25) is 10.0 Å². The summed E-state index contributed by atoms with van der Waals surface area (Å²) in [6.45, 7) is 5.57. The van der Waals surface area contributed by atoms with E-state index >= 15 is 0 Å². The molecule has 3 rings (SSSR count). The van der Waals surface area contributed by atoms with Gasteiger partial charge in [-0.3, -0.25) is 4.79 Å². The lowest BCUT2D eigenvalue weighted by Crippen LogP contribution is -2.38. The van der Waals surface area contributed by atoms with Gasteiger partial charge in [0, 0.05) is 31.8 Å². The van der Waals surface area contributed by atoms with Gasteiger partial charge in [0.1, 0.15) is 12.3 Å². The summed E-state index contributed by atoms with van der Waals surface area (Å²) in [5.74, 6) is 0.298. The Bertz CT molecular complexity index is 1110. The number of methoxy groups -OCH3 is 1. The van der Waals surface area contributed by atoms with Gasteiger partial charge >= 0.3 is 0 Å². The zero-order valence-electron chi connectivity index (χ0n) is 19.8. The lowest BCUT2D eigenvalue weighted by Gasteiger charge is -2.24. The summed E-state index contributed by atoms with van der Waals surface area (Å²) < 4.78 is 38.3. The molecule has 0 saturated carbocycles. The number of nitrogens with zero attached hydrogens (tertiary/aromatic N) is 2. The Balaban J connectivity index is 1.87. The van der Waals surface area contributed by atoms with Crippen molar-refractivity contribution in [1.29, 1.82) is 0 Å². The number of carbonyl (C=O) groups is 1. The predicted molar refractivity (Wildman–Crippen MR) is 133 cm³/mol. The molecule has 0 bridgehead atoms. The van der Waals surface area contributed by atoms with Crippen molar-refractivity contribution < 1.29 is 22.7 Å². The Morgan fingerprint density at radius 3 is 2.79 bits per heavy atom. The summed E-state index contributed by atoms with van der Waals surface area (Å²) in [6.07, 6.45) is 3.06. The molecule has 1 atom stereocenters. The molecule has 0 aliphatic carbocycles. The molecular formula is C24H32ClN3O5S. The van der Waals surface area contributed by atoms with E-state index < -0.39 is 21.2 Å². The van der Waals surface area contributed by atoms with Crippen LogP contribution in [0.2, 0.25) is 5.02 Å². The highest BCUT2D eigenvalue weighted by Crippen LogP contribution is 2.30. The van der Waals surface area contributed by atoms with Crippen LogP contribution in [0.4, 0.5) is 5.82 Å². The van der Waals surface area contributed by atoms with Crippen LogP contribution in [-0.4, -0.2) is 51.4 Å². The van der Waals surface area contributed by atoms with Crippen molar-refractivity contribution in [3.63, 3.8) is 0 Å². The predicted octanol–water partition coefficient (Wildman–Crippen LogP) is 3.96. The molecule has 1 N–H and O–H groups in total. The molecule has 1 aliphatic rings. The standard InChI is InChI=1S/C24H32ClN3O5S/c1-4-28-13-6-5-7-18-15-20(25)9-8-19(18)16-33-22-11-10-21(26-23(22)28)24(29)27-34(30,31)17(2)12-14-32-3/h8-11,15,17H,4-7,12-14,16H2,1-3H3,(H,27,29)/t17-/m0/s1. The lowest BCUT2D eigenvalue weighted by atomic mass is 10.0. The number of pyridine rings is 1. The second-order valence-corrected chi connectivity index (χ2v) is 10.9. The van der Waals surface area contributed by atoms with E-state index in [-0.39, 0.29) is 18.7 Å². The topological polar surface area (TPSA) is 97.8 Å². The van der Waals surface area contributed by atoms with Crippen molar-refractivity contribution >= 4 is 33.3 Å². The number of nitrogens with one attached hydrogen (secondary N) is 1. The van der Waals surface area contributed by atoms with E-state index in [1.165, 1.54) is 20.1 Å². The van der Waals surface area contributed by atoms with Crippen molar-refractivity contribution in [3.8, 4) is 5.75 Å². The highest BCUT2D eigenvalue weighted by Gasteiger charge is 2.25. The minimum atomic E-state index is -3.86. The van der Waals surface area contributed by atoms with E-state index in [0.717, 1.165) is 36.9 Å². The number of carbonyl (C=O) groups excluding carboxylic acids is 1. The molecule has 0 saturated heterocycles. The third kappa shape index (κ3) is 6.61. The Hall–Kier alpha value is -2.36. The first-order valence-electron chi connectivity index (χ1n) is 11.5. The van der Waals surface area contributed by atoms with Gasteiger partial charge in [-0.1, -0.05) is 17.7 Å². The van der Waals surface area contributed by atoms with Gasteiger partial charge in [-0.15, -0.1) is 0 Å². The van der Waals surface area contributed by atoms with Gasteiger partial charge in [0.05, 0.1) is 5.25 Å². The largest absolute Gasteiger partial charge is 0.485 e. The fraction of sp³-hybridized carbons (Fsp3) is 0.500. The Kier molecular flexibility index (Phi) is 9.16. The Labute approximate surface area is 206 Å². The van der Waals surface area contributed by atoms with Crippen LogP contribution in [0.25, 0.3) is 0 Å². The summed E-state index contributed by atoms with van der Waals surface area (Å²) in [4.78, 5) is 19.4. The average Bonchev–Trinajstić information content (AvgIpc) is 2.84. The van der Waals surface area contributed by atoms with Crippen LogP contribution < -0.4 is 14.4 Å². The fourth-order valence-electron chi connectivity index (χ4n) is 3.78. The second kappa shape index (κ2) is 11.9. The van der Waals surface area contributed by atoms with Crippen molar-refractivity contribution in [2.75, 3.05) is 31.7 Å². The van der Waals surface area contributed by atoms with Gasteiger partial charge in [0.25, 0.3) is 5.91 Å². The van der Waals surface area contributed by atoms with Crippen LogP contribution in [0.15, 0.2) is 30.3 Å². The van der Waals surface area contributed by atoms with Gasteiger partial charge < -0.3 is 14.4 Å². The maximum atomic E-state index is 12.8. The van der Waals surface area contributed by atoms with Crippen LogP contribution >= 0.6 is 11.6 Å². The number of hydrogen-bond donors (Lipinski definition) is 1. The maximum absolute atomic E-state index is 12.8. The molecule has 0 fully saturated rings. The fourth-order valence-corrected chi connectivity index (χ4v) is 4.94. The van der Waals surface area contributed by atoms with E-state index in [2.05, 4.69) is 9.71 Å². The SMILES string of the molecule is CCN1CCCCc2cc(Cl)ccc2COc2ccc(C(=O)NS(=O)(=O)[C@@H](C)CCOC)nc21. The van der Waals surface area contributed by atoms with Crippen LogP contribution in [-0.2, 0) is 27.8 Å². The molecule has 1 aromatic carbocycles. The van der Waals surface area contributed by atoms with Crippen molar-refractivity contribution in [1.82, 2.24) is 9.71 Å². The highest BCUT2D eigenvalue weighted by atomic mass is 35.5. The molecule has 0 unspecified atom stereocenters. The van der Waals surface area contributed by atoms with Gasteiger partial charge in [0.15, 0.2) is 11.6 Å². The summed E-state index contributed by atoms with van der Waals surface area (Å²) in [6, 6.07) is 8.96. The van der Waals surface area contributed by atoms with Crippen LogP contribution in [0, 0.1) is 0 Å². The molecule has 10 heteroatoms. The summed E-state index contributed by atoms with van der Waals surface area (Å²) in [5.41, 5.74) is 2.24. The molecule has 1 amide bonds. The number of hydrogen-bond acceptors (Lipinski definition) is 7. The lowest BCUT2D eigenvalue weighted by molar-refractivity contribution is 0.0976. The Morgan fingerprint density at radius 1 is 1.26 bits per heavy atom. The van der Waals surface area contributed by atoms with E-state index in [4.69, 9.17) is 21.1 Å². The molecule has 34 heavy (non-hydrogen) atoms.